The first kappa shape index (κ1) is 17.8. The molecule has 2 aromatic rings. The number of fused-ring (bicyclic) bond motifs is 1. The zero-order chi connectivity index (χ0) is 18.4. The Balaban J connectivity index is 2.06. The average Bonchev–Trinajstić information content (AvgIpc) is 2.57. The normalized spacial score (nSPS) is 23.8. The van der Waals surface area contributed by atoms with Gasteiger partial charge in [0.25, 0.3) is 5.91 Å². The molecular formula is C18H17ClF2N2O2. The molecule has 1 amide bonds. The minimum Gasteiger partial charge on any atom is -0.387 e. The fourth-order valence-corrected chi connectivity index (χ4v) is 3.53. The molecule has 1 aromatic carbocycles. The van der Waals surface area contributed by atoms with Crippen molar-refractivity contribution in [1.82, 2.24) is 4.98 Å². The Morgan fingerprint density at radius 2 is 2.16 bits per heavy atom. The van der Waals surface area contributed by atoms with Gasteiger partial charge in [-0.1, -0.05) is 30.7 Å². The number of primary amides is 1. The van der Waals surface area contributed by atoms with E-state index in [0.717, 1.165) is 0 Å². The fourth-order valence-electron chi connectivity index (χ4n) is 3.20. The number of hydrogen-bond donors (Lipinski definition) is 2. The van der Waals surface area contributed by atoms with Gasteiger partial charge < -0.3 is 10.8 Å². The largest absolute Gasteiger partial charge is 0.387 e. The number of aromatic nitrogens is 1. The summed E-state index contributed by atoms with van der Waals surface area (Å²) in [5.41, 5.74) is 4.16. The van der Waals surface area contributed by atoms with Crippen molar-refractivity contribution in [2.75, 3.05) is 0 Å². The molecular weight excluding hydrogens is 350 g/mol. The van der Waals surface area contributed by atoms with Crippen LogP contribution >= 0.6 is 11.6 Å². The molecule has 2 unspecified atom stereocenters. The smallest absolute Gasteiger partial charge is 0.259 e. The molecule has 3 atom stereocenters. The molecule has 132 valence electrons. The molecule has 1 heterocycles. The van der Waals surface area contributed by atoms with E-state index in [1.165, 1.54) is 18.2 Å². The van der Waals surface area contributed by atoms with Gasteiger partial charge in [-0.25, -0.2) is 8.78 Å². The lowest BCUT2D eigenvalue weighted by Gasteiger charge is -2.32. The molecule has 0 bridgehead atoms. The number of pyridine rings is 1. The second-order valence-electron chi connectivity index (χ2n) is 6.28. The maximum atomic E-state index is 14.9. The second-order valence-corrected chi connectivity index (χ2v) is 6.68. The Kier molecular flexibility index (Phi) is 4.51. The number of amides is 1. The maximum absolute atomic E-state index is 14.9. The number of nitrogens with two attached hydrogens (primary N) is 1. The summed E-state index contributed by atoms with van der Waals surface area (Å²) in [5, 5.41) is 10.4. The first-order chi connectivity index (χ1) is 11.7. The van der Waals surface area contributed by atoms with Gasteiger partial charge in [0.05, 0.1) is 11.8 Å². The lowest BCUT2D eigenvalue weighted by atomic mass is 9.80. The lowest BCUT2D eigenvalue weighted by molar-refractivity contribution is -0.131. The van der Waals surface area contributed by atoms with E-state index in [2.05, 4.69) is 4.98 Å². The molecule has 0 radical (unpaired) electrons. The van der Waals surface area contributed by atoms with E-state index in [0.29, 0.717) is 11.3 Å². The van der Waals surface area contributed by atoms with Gasteiger partial charge in [0.1, 0.15) is 5.82 Å². The first-order valence-corrected chi connectivity index (χ1v) is 8.25. The summed E-state index contributed by atoms with van der Waals surface area (Å²) in [5.74, 6) is -1.85. The van der Waals surface area contributed by atoms with Crippen LogP contribution in [0.5, 0.6) is 0 Å². The highest BCUT2D eigenvalue weighted by molar-refractivity contribution is 6.31. The minimum atomic E-state index is -2.34. The average molecular weight is 367 g/mol. The number of aliphatic hydroxyl groups is 1. The molecule has 0 fully saturated rings. The molecule has 25 heavy (non-hydrogen) atoms. The van der Waals surface area contributed by atoms with Crippen LogP contribution in [0, 0.1) is 5.82 Å². The van der Waals surface area contributed by atoms with Gasteiger partial charge in [-0.3, -0.25) is 9.78 Å². The number of benzene rings is 1. The zero-order valence-electron chi connectivity index (χ0n) is 13.5. The molecule has 7 heteroatoms. The first-order valence-electron chi connectivity index (χ1n) is 7.87. The highest BCUT2D eigenvalue weighted by Gasteiger charge is 2.45. The zero-order valence-corrected chi connectivity index (χ0v) is 14.2. The third-order valence-corrected chi connectivity index (χ3v) is 5.04. The minimum absolute atomic E-state index is 0.0000898. The SMILES string of the molecule is C[C@H](c1ccc2c(n1)C(O)CCC2(F)C(N)=O)c1ccc(F)cc1Cl. The van der Waals surface area contributed by atoms with Crippen LogP contribution in [0.3, 0.4) is 0 Å². The van der Waals surface area contributed by atoms with E-state index < -0.39 is 23.5 Å². The van der Waals surface area contributed by atoms with E-state index in [-0.39, 0.29) is 35.0 Å². The topological polar surface area (TPSA) is 76.2 Å². The fraction of sp³-hybridized carbons (Fsp3) is 0.333. The molecule has 0 saturated carbocycles. The van der Waals surface area contributed by atoms with Crippen LogP contribution in [-0.2, 0) is 10.5 Å². The van der Waals surface area contributed by atoms with Crippen LogP contribution in [0.2, 0.25) is 5.02 Å². The van der Waals surface area contributed by atoms with Gasteiger partial charge in [0, 0.05) is 22.2 Å². The van der Waals surface area contributed by atoms with Crippen molar-refractivity contribution >= 4 is 17.5 Å². The number of rotatable bonds is 3. The summed E-state index contributed by atoms with van der Waals surface area (Å²) in [6.45, 7) is 1.82. The van der Waals surface area contributed by atoms with Crippen LogP contribution in [0.25, 0.3) is 0 Å². The Morgan fingerprint density at radius 3 is 2.80 bits per heavy atom. The van der Waals surface area contributed by atoms with Crippen LogP contribution < -0.4 is 5.73 Å². The van der Waals surface area contributed by atoms with Crippen molar-refractivity contribution in [1.29, 1.82) is 0 Å². The van der Waals surface area contributed by atoms with E-state index in [9.17, 15) is 18.7 Å². The molecule has 0 aliphatic heterocycles. The van der Waals surface area contributed by atoms with Crippen molar-refractivity contribution in [2.24, 2.45) is 5.73 Å². The van der Waals surface area contributed by atoms with E-state index in [4.69, 9.17) is 17.3 Å². The van der Waals surface area contributed by atoms with Gasteiger partial charge in [0.15, 0.2) is 0 Å². The summed E-state index contributed by atoms with van der Waals surface area (Å²) in [4.78, 5) is 15.9. The predicted molar refractivity (Wildman–Crippen MR) is 89.3 cm³/mol. The molecule has 1 aromatic heterocycles. The van der Waals surface area contributed by atoms with Gasteiger partial charge in [-0.15, -0.1) is 0 Å². The monoisotopic (exact) mass is 366 g/mol. The van der Waals surface area contributed by atoms with Gasteiger partial charge in [0.2, 0.25) is 5.67 Å². The summed E-state index contributed by atoms with van der Waals surface area (Å²) in [6.07, 6.45) is -1.11. The van der Waals surface area contributed by atoms with Gasteiger partial charge in [-0.2, -0.15) is 0 Å². The number of hydrogen-bond acceptors (Lipinski definition) is 3. The van der Waals surface area contributed by atoms with Crippen molar-refractivity contribution < 1.29 is 18.7 Å². The van der Waals surface area contributed by atoms with E-state index in [1.54, 1.807) is 12.1 Å². The summed E-state index contributed by atoms with van der Waals surface area (Å²) >= 11 is 6.09. The van der Waals surface area contributed by atoms with Gasteiger partial charge >= 0.3 is 0 Å². The van der Waals surface area contributed by atoms with Crippen molar-refractivity contribution in [2.45, 2.75) is 37.5 Å². The second kappa shape index (κ2) is 6.35. The number of carbonyl (C=O) groups is 1. The van der Waals surface area contributed by atoms with Crippen LogP contribution in [0.4, 0.5) is 8.78 Å². The Bertz CT molecular complexity index is 846. The highest BCUT2D eigenvalue weighted by atomic mass is 35.5. The predicted octanol–water partition coefficient (Wildman–Crippen LogP) is 3.50. The maximum Gasteiger partial charge on any atom is 0.259 e. The standard InChI is InChI=1S/C18H17ClF2N2O2/c1-9(11-3-2-10(20)8-13(11)19)14-5-4-12-16(23-14)15(24)6-7-18(12,21)17(22)25/h2-5,8-9,15,24H,6-7H2,1H3,(H2,22,25)/t9-,15?,18?/m0/s1. The van der Waals surface area contributed by atoms with Gasteiger partial charge in [-0.05, 0) is 36.6 Å². The van der Waals surface area contributed by atoms with Crippen molar-refractivity contribution in [3.8, 4) is 0 Å². The third-order valence-electron chi connectivity index (χ3n) is 4.71. The molecule has 1 aliphatic carbocycles. The number of alkyl halides is 1. The molecule has 0 saturated heterocycles. The van der Waals surface area contributed by atoms with E-state index in [1.807, 2.05) is 6.92 Å². The van der Waals surface area contributed by atoms with E-state index >= 15 is 0 Å². The Labute approximate surface area is 148 Å². The van der Waals surface area contributed by atoms with Crippen LogP contribution in [-0.4, -0.2) is 16.0 Å². The summed E-state index contributed by atoms with van der Waals surface area (Å²) < 4.78 is 28.2. The number of carbonyl (C=O) groups excluding carboxylic acids is 1. The third kappa shape index (κ3) is 3.00. The summed E-state index contributed by atoms with van der Waals surface area (Å²) in [6, 6.07) is 7.06. The quantitative estimate of drug-likeness (QED) is 0.872. The summed E-state index contributed by atoms with van der Waals surface area (Å²) in [7, 11) is 0. The van der Waals surface area contributed by atoms with Crippen LogP contribution in [0.1, 0.15) is 54.3 Å². The molecule has 4 nitrogen and oxygen atoms in total. The number of aliphatic hydroxyl groups excluding tert-OH is 1. The number of halogens is 3. The number of nitrogens with zero attached hydrogens (tertiary/aromatic N) is 1. The molecule has 1 aliphatic rings. The Hall–Kier alpha value is -2.05. The molecule has 3 rings (SSSR count). The van der Waals surface area contributed by atoms with Crippen LogP contribution in [0.15, 0.2) is 30.3 Å². The van der Waals surface area contributed by atoms with Crippen molar-refractivity contribution in [3.05, 3.63) is 63.7 Å². The molecule has 3 N–H and O–H groups in total. The van der Waals surface area contributed by atoms with Crippen molar-refractivity contribution in [3.63, 3.8) is 0 Å². The Morgan fingerprint density at radius 1 is 1.44 bits per heavy atom. The molecule has 0 spiro atoms. The highest BCUT2D eigenvalue weighted by Crippen LogP contribution is 2.43. The lowest BCUT2D eigenvalue weighted by Crippen LogP contribution is -2.41.